The third-order valence-corrected chi connectivity index (χ3v) is 4.90. The second-order valence-electron chi connectivity index (χ2n) is 6.80. The number of carbonyl (C=O) groups is 1. The lowest BCUT2D eigenvalue weighted by molar-refractivity contribution is -0.120. The molecule has 1 aliphatic carbocycles. The first-order valence-electron chi connectivity index (χ1n) is 9.27. The lowest BCUT2D eigenvalue weighted by Gasteiger charge is -2.19. The molecule has 0 spiro atoms. The maximum atomic E-state index is 12.2. The number of para-hydroxylation sites is 1. The lowest BCUT2D eigenvalue weighted by Crippen LogP contribution is -2.31. The third kappa shape index (κ3) is 4.50. The molecule has 26 heavy (non-hydrogen) atoms. The van der Waals surface area contributed by atoms with Gasteiger partial charge in [-0.05, 0) is 49.8 Å². The molecule has 2 aromatic rings. The highest BCUT2D eigenvalue weighted by Gasteiger charge is 2.19. The van der Waals surface area contributed by atoms with Crippen LogP contribution in [0.2, 0.25) is 0 Å². The van der Waals surface area contributed by atoms with Crippen molar-refractivity contribution in [2.45, 2.75) is 38.5 Å². The molecule has 6 heteroatoms. The molecule has 0 saturated heterocycles. The minimum atomic E-state index is -0.104. The number of carbonyl (C=O) groups excluding carboxylic acids is 1. The van der Waals surface area contributed by atoms with E-state index in [4.69, 9.17) is 0 Å². The molecule has 0 saturated carbocycles. The number of anilines is 1. The van der Waals surface area contributed by atoms with Crippen LogP contribution in [0.25, 0.3) is 0 Å². The number of hydrogen-bond donors (Lipinski definition) is 2. The van der Waals surface area contributed by atoms with Crippen molar-refractivity contribution in [3.05, 3.63) is 57.5 Å². The van der Waals surface area contributed by atoms with Crippen LogP contribution >= 0.6 is 0 Å². The average molecular weight is 354 g/mol. The fraction of sp³-hybridized carbons (Fsp3) is 0.450. The van der Waals surface area contributed by atoms with E-state index in [9.17, 15) is 9.59 Å². The fourth-order valence-corrected chi connectivity index (χ4v) is 3.44. The number of benzene rings is 1. The molecule has 0 atom stereocenters. The molecule has 6 nitrogen and oxygen atoms in total. The summed E-state index contributed by atoms with van der Waals surface area (Å²) in [6.45, 7) is 1.50. The van der Waals surface area contributed by atoms with Crippen LogP contribution in [0.4, 0.5) is 5.69 Å². The van der Waals surface area contributed by atoms with Gasteiger partial charge in [0.25, 0.3) is 5.56 Å². The van der Waals surface area contributed by atoms with Crippen molar-refractivity contribution in [3.8, 4) is 0 Å². The van der Waals surface area contributed by atoms with Crippen molar-refractivity contribution >= 4 is 11.6 Å². The Morgan fingerprint density at radius 1 is 1.19 bits per heavy atom. The van der Waals surface area contributed by atoms with Gasteiger partial charge in [0.1, 0.15) is 0 Å². The molecule has 1 aromatic carbocycles. The molecule has 1 aromatic heterocycles. The van der Waals surface area contributed by atoms with Gasteiger partial charge in [0.2, 0.25) is 5.91 Å². The number of fused-ring (bicyclic) bond motifs is 1. The van der Waals surface area contributed by atoms with Crippen molar-refractivity contribution in [1.82, 2.24) is 15.5 Å². The Bertz CT molecular complexity index is 801. The Morgan fingerprint density at radius 3 is 2.69 bits per heavy atom. The molecule has 138 valence electrons. The highest BCUT2D eigenvalue weighted by Crippen LogP contribution is 2.20. The zero-order chi connectivity index (χ0) is 18.4. The van der Waals surface area contributed by atoms with E-state index in [0.29, 0.717) is 6.54 Å². The summed E-state index contributed by atoms with van der Waals surface area (Å²) >= 11 is 0. The molecule has 0 unspecified atom stereocenters. The molecule has 0 radical (unpaired) electrons. The zero-order valence-corrected chi connectivity index (χ0v) is 15.3. The smallest absolute Gasteiger partial charge is 0.267 e. The molecule has 0 bridgehead atoms. The van der Waals surface area contributed by atoms with E-state index in [1.54, 1.807) is 0 Å². The summed E-state index contributed by atoms with van der Waals surface area (Å²) in [5.74, 6) is -0.0420. The largest absolute Gasteiger partial charge is 0.375 e. The first-order valence-corrected chi connectivity index (χ1v) is 9.27. The van der Waals surface area contributed by atoms with E-state index in [0.717, 1.165) is 55.5 Å². The number of aromatic nitrogens is 2. The van der Waals surface area contributed by atoms with Gasteiger partial charge < -0.3 is 10.2 Å². The van der Waals surface area contributed by atoms with Crippen LogP contribution in [0, 0.1) is 0 Å². The summed E-state index contributed by atoms with van der Waals surface area (Å²) < 4.78 is 0. The zero-order valence-electron chi connectivity index (χ0n) is 15.3. The van der Waals surface area contributed by atoms with Crippen molar-refractivity contribution < 1.29 is 4.79 Å². The Morgan fingerprint density at radius 2 is 1.92 bits per heavy atom. The summed E-state index contributed by atoms with van der Waals surface area (Å²) in [6.07, 6.45) is 4.81. The van der Waals surface area contributed by atoms with E-state index < -0.39 is 0 Å². The number of aromatic amines is 1. The van der Waals surface area contributed by atoms with Crippen molar-refractivity contribution in [1.29, 1.82) is 0 Å². The molecular formula is C20H26N4O2. The molecule has 0 fully saturated rings. The van der Waals surface area contributed by atoms with Crippen LogP contribution < -0.4 is 15.8 Å². The van der Waals surface area contributed by atoms with Gasteiger partial charge in [-0.15, -0.1) is 0 Å². The Kier molecular flexibility index (Phi) is 6.04. The van der Waals surface area contributed by atoms with Gasteiger partial charge >= 0.3 is 0 Å². The van der Waals surface area contributed by atoms with Crippen LogP contribution in [0.3, 0.4) is 0 Å². The minimum absolute atomic E-state index is 0.0420. The minimum Gasteiger partial charge on any atom is -0.375 e. The third-order valence-electron chi connectivity index (χ3n) is 4.90. The predicted octanol–water partition coefficient (Wildman–Crippen LogP) is 1.83. The second-order valence-corrected chi connectivity index (χ2v) is 6.80. The average Bonchev–Trinajstić information content (AvgIpc) is 2.68. The highest BCUT2D eigenvalue weighted by atomic mass is 16.1. The van der Waals surface area contributed by atoms with Gasteiger partial charge in [-0.3, -0.25) is 9.59 Å². The van der Waals surface area contributed by atoms with E-state index in [-0.39, 0.29) is 17.9 Å². The standard InChI is InChI=1S/C20H26N4O2/c1-24(15-8-3-2-4-9-15)13-7-12-21-19(25)14-18-16-10-5-6-11-17(16)20(26)23-22-18/h2-4,8-9H,5-7,10-14H2,1H3,(H,21,25)(H,23,26). The first kappa shape index (κ1) is 18.2. The van der Waals surface area contributed by atoms with Gasteiger partial charge in [0.05, 0.1) is 12.1 Å². The van der Waals surface area contributed by atoms with Crippen LogP contribution in [-0.2, 0) is 24.1 Å². The summed E-state index contributed by atoms with van der Waals surface area (Å²) in [5, 5.41) is 9.62. The normalized spacial score (nSPS) is 13.1. The quantitative estimate of drug-likeness (QED) is 0.744. The Hall–Kier alpha value is -2.63. The van der Waals surface area contributed by atoms with Gasteiger partial charge in [-0.25, -0.2) is 5.10 Å². The van der Waals surface area contributed by atoms with E-state index >= 15 is 0 Å². The van der Waals surface area contributed by atoms with Gasteiger partial charge in [-0.2, -0.15) is 5.10 Å². The SMILES string of the molecule is CN(CCCNC(=O)Cc1n[nH]c(=O)c2c1CCCC2)c1ccccc1. The molecule has 0 aliphatic heterocycles. The predicted molar refractivity (Wildman–Crippen MR) is 103 cm³/mol. The number of hydrogen-bond acceptors (Lipinski definition) is 4. The topological polar surface area (TPSA) is 78.1 Å². The van der Waals surface area contributed by atoms with Crippen LogP contribution in [0.5, 0.6) is 0 Å². The number of amides is 1. The second kappa shape index (κ2) is 8.65. The fourth-order valence-electron chi connectivity index (χ4n) is 3.44. The molecule has 1 heterocycles. The van der Waals surface area contributed by atoms with E-state index in [1.165, 1.54) is 5.69 Å². The van der Waals surface area contributed by atoms with Crippen molar-refractivity contribution in [2.24, 2.45) is 0 Å². The van der Waals surface area contributed by atoms with Gasteiger partial charge in [0, 0.05) is 31.4 Å². The summed E-state index contributed by atoms with van der Waals surface area (Å²) in [4.78, 5) is 26.3. The van der Waals surface area contributed by atoms with Crippen LogP contribution in [-0.4, -0.2) is 36.2 Å². The van der Waals surface area contributed by atoms with Crippen LogP contribution in [0.15, 0.2) is 35.1 Å². The van der Waals surface area contributed by atoms with Crippen molar-refractivity contribution in [2.75, 3.05) is 25.0 Å². The van der Waals surface area contributed by atoms with E-state index in [1.807, 2.05) is 25.2 Å². The van der Waals surface area contributed by atoms with E-state index in [2.05, 4.69) is 32.5 Å². The number of nitrogens with one attached hydrogen (secondary N) is 2. The summed E-state index contributed by atoms with van der Waals surface area (Å²) in [5.41, 5.74) is 3.59. The first-order chi connectivity index (χ1) is 12.6. The maximum absolute atomic E-state index is 12.2. The lowest BCUT2D eigenvalue weighted by atomic mass is 9.91. The van der Waals surface area contributed by atoms with Gasteiger partial charge in [-0.1, -0.05) is 18.2 Å². The molecular weight excluding hydrogens is 328 g/mol. The Balaban J connectivity index is 1.47. The molecule has 2 N–H and O–H groups in total. The number of H-pyrrole nitrogens is 1. The van der Waals surface area contributed by atoms with Crippen LogP contribution in [0.1, 0.15) is 36.1 Å². The van der Waals surface area contributed by atoms with Gasteiger partial charge in [0.15, 0.2) is 0 Å². The molecule has 1 amide bonds. The molecule has 1 aliphatic rings. The maximum Gasteiger partial charge on any atom is 0.267 e. The number of nitrogens with zero attached hydrogens (tertiary/aromatic N) is 2. The monoisotopic (exact) mass is 354 g/mol. The number of rotatable bonds is 7. The summed E-state index contributed by atoms with van der Waals surface area (Å²) in [6, 6.07) is 10.2. The Labute approximate surface area is 153 Å². The highest BCUT2D eigenvalue weighted by molar-refractivity contribution is 5.78. The van der Waals surface area contributed by atoms with Crippen molar-refractivity contribution in [3.63, 3.8) is 0 Å². The molecule has 3 rings (SSSR count). The summed E-state index contributed by atoms with van der Waals surface area (Å²) in [7, 11) is 2.05.